The Balaban J connectivity index is 2.87. The molecule has 0 aromatic heterocycles. The topological polar surface area (TPSA) is 29.5 Å². The first-order valence-corrected chi connectivity index (χ1v) is 6.25. The Hall–Kier alpha value is -1.06. The molecule has 4 heteroatoms. The summed E-state index contributed by atoms with van der Waals surface area (Å²) in [5, 5.41) is 0.692. The third-order valence-electron chi connectivity index (χ3n) is 3.28. The van der Waals surface area contributed by atoms with Gasteiger partial charge >= 0.3 is 0 Å². The first-order chi connectivity index (χ1) is 8.29. The van der Waals surface area contributed by atoms with E-state index in [0.717, 1.165) is 5.56 Å². The van der Waals surface area contributed by atoms with Gasteiger partial charge in [-0.1, -0.05) is 23.7 Å². The van der Waals surface area contributed by atoms with Crippen LogP contribution in [0, 0.1) is 0 Å². The number of methoxy groups -OCH3 is 1. The van der Waals surface area contributed by atoms with Crippen molar-refractivity contribution in [1.82, 2.24) is 4.90 Å². The summed E-state index contributed by atoms with van der Waals surface area (Å²) in [5.41, 5.74) is 0.234. The minimum Gasteiger partial charge on any atom is -0.369 e. The van der Waals surface area contributed by atoms with Crippen molar-refractivity contribution >= 4 is 17.5 Å². The van der Waals surface area contributed by atoms with Crippen LogP contribution in [0.4, 0.5) is 0 Å². The van der Waals surface area contributed by atoms with E-state index < -0.39 is 5.60 Å². The van der Waals surface area contributed by atoms with Crippen molar-refractivity contribution in [3.63, 3.8) is 0 Å². The van der Waals surface area contributed by atoms with Crippen LogP contribution in [-0.4, -0.2) is 30.6 Å². The van der Waals surface area contributed by atoms with Gasteiger partial charge in [-0.05, 0) is 38.5 Å². The number of carbonyl (C=O) groups is 1. The summed E-state index contributed by atoms with van der Waals surface area (Å²) in [6.45, 7) is 5.51. The molecule has 100 valence electrons. The zero-order valence-electron chi connectivity index (χ0n) is 11.5. The average molecular weight is 270 g/mol. The minimum atomic E-state index is -0.810. The minimum absolute atomic E-state index is 0.0239. The number of carbonyl (C=O) groups excluding carboxylic acids is 1. The quantitative estimate of drug-likeness (QED) is 0.839. The molecule has 1 aromatic carbocycles. The smallest absolute Gasteiger partial charge is 0.254 e. The average Bonchev–Trinajstić information content (AvgIpc) is 2.37. The Labute approximate surface area is 114 Å². The highest BCUT2D eigenvalue weighted by Gasteiger charge is 2.32. The van der Waals surface area contributed by atoms with E-state index in [0.29, 0.717) is 5.02 Å². The molecule has 0 spiro atoms. The molecule has 0 saturated heterocycles. The number of hydrogen-bond donors (Lipinski definition) is 0. The van der Waals surface area contributed by atoms with Crippen molar-refractivity contribution in [2.24, 2.45) is 0 Å². The fraction of sp³-hybridized carbons (Fsp3) is 0.500. The highest BCUT2D eigenvalue weighted by molar-refractivity contribution is 6.30. The number of benzene rings is 1. The predicted octanol–water partition coefficient (Wildman–Crippen LogP) is 3.28. The summed E-state index contributed by atoms with van der Waals surface area (Å²) in [5.74, 6) is -0.0487. The van der Waals surface area contributed by atoms with E-state index in [-0.39, 0.29) is 11.9 Å². The lowest BCUT2D eigenvalue weighted by atomic mass is 10.0. The van der Waals surface area contributed by atoms with Crippen LogP contribution in [0.25, 0.3) is 0 Å². The Morgan fingerprint density at radius 3 is 2.28 bits per heavy atom. The number of rotatable bonds is 4. The Kier molecular flexibility index (Phi) is 4.77. The van der Waals surface area contributed by atoms with Gasteiger partial charge in [-0.2, -0.15) is 0 Å². The van der Waals surface area contributed by atoms with Gasteiger partial charge in [0.1, 0.15) is 5.60 Å². The molecule has 0 bridgehead atoms. The summed E-state index contributed by atoms with van der Waals surface area (Å²) < 4.78 is 5.21. The third-order valence-corrected chi connectivity index (χ3v) is 3.53. The third kappa shape index (κ3) is 3.24. The van der Waals surface area contributed by atoms with Crippen molar-refractivity contribution in [2.45, 2.75) is 32.4 Å². The molecule has 1 aromatic rings. The van der Waals surface area contributed by atoms with Crippen LogP contribution in [0.3, 0.4) is 0 Å². The predicted molar refractivity (Wildman–Crippen MR) is 73.7 cm³/mol. The number of ether oxygens (including phenoxy) is 1. The lowest BCUT2D eigenvalue weighted by molar-refractivity contribution is -0.151. The molecule has 18 heavy (non-hydrogen) atoms. The summed E-state index contributed by atoms with van der Waals surface area (Å²) in [7, 11) is 3.32. The van der Waals surface area contributed by atoms with Crippen molar-refractivity contribution in [3.05, 3.63) is 34.9 Å². The van der Waals surface area contributed by atoms with Crippen LogP contribution >= 0.6 is 11.6 Å². The Bertz CT molecular complexity index is 414. The van der Waals surface area contributed by atoms with Crippen LogP contribution in [-0.2, 0) is 9.53 Å². The van der Waals surface area contributed by atoms with Crippen molar-refractivity contribution in [2.75, 3.05) is 14.2 Å². The molecular formula is C14H20ClNO2. The van der Waals surface area contributed by atoms with Crippen molar-refractivity contribution in [3.8, 4) is 0 Å². The van der Waals surface area contributed by atoms with Gasteiger partial charge in [-0.3, -0.25) is 4.79 Å². The second kappa shape index (κ2) is 5.72. The van der Waals surface area contributed by atoms with E-state index in [4.69, 9.17) is 16.3 Å². The molecule has 0 N–H and O–H groups in total. The molecule has 0 aliphatic heterocycles. The van der Waals surface area contributed by atoms with E-state index in [1.165, 1.54) is 0 Å². The summed E-state index contributed by atoms with van der Waals surface area (Å²) in [4.78, 5) is 13.9. The Morgan fingerprint density at radius 2 is 1.83 bits per heavy atom. The van der Waals surface area contributed by atoms with Gasteiger partial charge in [0.2, 0.25) is 0 Å². The normalized spacial score (nSPS) is 13.2. The van der Waals surface area contributed by atoms with Crippen molar-refractivity contribution in [1.29, 1.82) is 0 Å². The summed E-state index contributed by atoms with van der Waals surface area (Å²) >= 11 is 5.85. The highest BCUT2D eigenvalue weighted by Crippen LogP contribution is 2.24. The van der Waals surface area contributed by atoms with Gasteiger partial charge < -0.3 is 9.64 Å². The first kappa shape index (κ1) is 15.0. The van der Waals surface area contributed by atoms with Gasteiger partial charge in [0.25, 0.3) is 5.91 Å². The molecule has 0 radical (unpaired) electrons. The highest BCUT2D eigenvalue weighted by atomic mass is 35.5. The number of hydrogen-bond acceptors (Lipinski definition) is 2. The molecule has 0 heterocycles. The monoisotopic (exact) mass is 269 g/mol. The standard InChI is InChI=1S/C14H20ClNO2/c1-10(11-6-8-12(15)9-7-11)16(4)13(17)14(2,3)18-5/h6-10H,1-5H3. The van der Waals surface area contributed by atoms with Crippen LogP contribution in [0.5, 0.6) is 0 Å². The molecule has 0 aliphatic carbocycles. The largest absolute Gasteiger partial charge is 0.369 e. The van der Waals surface area contributed by atoms with Gasteiger partial charge in [0.15, 0.2) is 0 Å². The van der Waals surface area contributed by atoms with Crippen LogP contribution in [0.2, 0.25) is 5.02 Å². The van der Waals surface area contributed by atoms with Gasteiger partial charge in [0.05, 0.1) is 6.04 Å². The maximum absolute atomic E-state index is 12.3. The number of nitrogens with zero attached hydrogens (tertiary/aromatic N) is 1. The lowest BCUT2D eigenvalue weighted by Crippen LogP contribution is -2.45. The van der Waals surface area contributed by atoms with Crippen LogP contribution < -0.4 is 0 Å². The summed E-state index contributed by atoms with van der Waals surface area (Å²) in [6, 6.07) is 7.48. The van der Waals surface area contributed by atoms with E-state index >= 15 is 0 Å². The van der Waals surface area contributed by atoms with Gasteiger partial charge in [-0.15, -0.1) is 0 Å². The summed E-state index contributed by atoms with van der Waals surface area (Å²) in [6.07, 6.45) is 0. The molecule has 0 fully saturated rings. The number of amides is 1. The molecule has 0 saturated carbocycles. The molecule has 1 unspecified atom stereocenters. The SMILES string of the molecule is COC(C)(C)C(=O)N(C)C(C)c1ccc(Cl)cc1. The number of halogens is 1. The maximum atomic E-state index is 12.3. The maximum Gasteiger partial charge on any atom is 0.254 e. The number of likely N-dealkylation sites (N-methyl/N-ethyl adjacent to an activating group) is 1. The fourth-order valence-electron chi connectivity index (χ4n) is 1.65. The second-order valence-electron chi connectivity index (χ2n) is 4.86. The van der Waals surface area contributed by atoms with Crippen LogP contribution in [0.15, 0.2) is 24.3 Å². The van der Waals surface area contributed by atoms with Crippen LogP contribution in [0.1, 0.15) is 32.4 Å². The Morgan fingerprint density at radius 1 is 1.33 bits per heavy atom. The van der Waals surface area contributed by atoms with Gasteiger partial charge in [0, 0.05) is 19.2 Å². The zero-order chi connectivity index (χ0) is 13.9. The van der Waals surface area contributed by atoms with Crippen molar-refractivity contribution < 1.29 is 9.53 Å². The molecule has 1 amide bonds. The second-order valence-corrected chi connectivity index (χ2v) is 5.29. The van der Waals surface area contributed by atoms with E-state index in [1.807, 2.05) is 31.2 Å². The van der Waals surface area contributed by atoms with E-state index in [2.05, 4.69) is 0 Å². The molecule has 1 rings (SSSR count). The molecular weight excluding hydrogens is 250 g/mol. The molecule has 3 nitrogen and oxygen atoms in total. The zero-order valence-corrected chi connectivity index (χ0v) is 12.3. The van der Waals surface area contributed by atoms with E-state index in [1.54, 1.807) is 32.9 Å². The van der Waals surface area contributed by atoms with E-state index in [9.17, 15) is 4.79 Å². The fourth-order valence-corrected chi connectivity index (χ4v) is 1.78. The molecule has 1 atom stereocenters. The van der Waals surface area contributed by atoms with Gasteiger partial charge in [-0.25, -0.2) is 0 Å². The lowest BCUT2D eigenvalue weighted by Gasteiger charge is -2.32. The molecule has 0 aliphatic rings. The first-order valence-electron chi connectivity index (χ1n) is 5.87.